The molecular formula is C129H108N6O3. The lowest BCUT2D eigenvalue weighted by Crippen LogP contribution is -2.31. The summed E-state index contributed by atoms with van der Waals surface area (Å²) in [5.41, 5.74) is 31.2. The van der Waals surface area contributed by atoms with Crippen LogP contribution in [0.3, 0.4) is 0 Å². The number of aromatic nitrogens is 3. The predicted octanol–water partition coefficient (Wildman–Crippen LogP) is 33.6. The Morgan fingerprint density at radius 1 is 0.181 bits per heavy atom. The van der Waals surface area contributed by atoms with Gasteiger partial charge in [0.05, 0.1) is 52.7 Å². The van der Waals surface area contributed by atoms with Gasteiger partial charge in [0.25, 0.3) is 17.7 Å². The van der Waals surface area contributed by atoms with E-state index in [0.29, 0.717) is 34.1 Å². The molecule has 19 rings (SSSR count). The van der Waals surface area contributed by atoms with Gasteiger partial charge in [-0.2, -0.15) is 0 Å². The van der Waals surface area contributed by atoms with Crippen LogP contribution in [-0.2, 0) is 16.2 Å². The summed E-state index contributed by atoms with van der Waals surface area (Å²) in [7, 11) is 0. The molecule has 672 valence electrons. The third-order valence-electron chi connectivity index (χ3n) is 26.1. The highest BCUT2D eigenvalue weighted by Gasteiger charge is 2.33. The molecule has 9 heteroatoms. The fraction of sp³-hybridized carbons (Fsp3) is 0.116. The molecule has 19 aromatic rings. The monoisotopic (exact) mass is 1790 g/mol. The zero-order valence-electron chi connectivity index (χ0n) is 80.0. The first-order chi connectivity index (χ1) is 66.7. The van der Waals surface area contributed by atoms with Crippen LogP contribution in [0.25, 0.3) is 134 Å². The van der Waals surface area contributed by atoms with Crippen molar-refractivity contribution in [2.45, 2.75) is 99.3 Å². The van der Waals surface area contributed by atoms with E-state index in [1.165, 1.54) is 16.7 Å². The standard InChI is InChI=1S/C129H108N6O3/c1-85-64-118(82-130-121(85)94-52-58-112(59-53-94)127(4,5)6)133(115-49-31-46-97(79-115)106-70-100(88-34-19-13-20-35-88)67-101(71-106)89-36-21-14-22-37-89)124(136)109-76-110(125(137)134(119-65-86(2)122(131-83-119)95-54-60-113(61-55-95)128(7,8)9)116-50-32-47-98(80-116)107-72-102(90-38-23-15-24-39-90)68-103(73-107)91-40-25-16-26-41-91)78-111(77-109)126(138)135(120-66-87(3)123(132-84-120)96-56-62-114(63-57-96)129(10,11)12)117-51-33-48-99(81-117)108-74-104(92-42-27-17-28-43-92)69-105(75-108)93-44-29-18-30-45-93/h13-84H,1-12H3. The van der Waals surface area contributed by atoms with Crippen LogP contribution in [0.5, 0.6) is 0 Å². The fourth-order valence-electron chi connectivity index (χ4n) is 18.5. The maximum Gasteiger partial charge on any atom is 0.262 e. The Balaban J connectivity index is 0.843. The van der Waals surface area contributed by atoms with Crippen molar-refractivity contribution in [2.75, 3.05) is 14.7 Å². The average Bonchev–Trinajstić information content (AvgIpc) is 0.760. The van der Waals surface area contributed by atoms with Gasteiger partial charge in [-0.1, -0.05) is 353 Å². The summed E-state index contributed by atoms with van der Waals surface area (Å²) < 4.78 is 0. The molecule has 16 aromatic carbocycles. The summed E-state index contributed by atoms with van der Waals surface area (Å²) in [6, 6.07) is 143. The van der Waals surface area contributed by atoms with Gasteiger partial charge in [-0.05, 0) is 298 Å². The molecule has 0 aliphatic carbocycles. The normalized spacial score (nSPS) is 11.6. The van der Waals surface area contributed by atoms with Crippen molar-refractivity contribution in [3.8, 4) is 134 Å². The Kier molecular flexibility index (Phi) is 25.2. The van der Waals surface area contributed by atoms with Crippen LogP contribution in [0.2, 0.25) is 0 Å². The first-order valence-electron chi connectivity index (χ1n) is 47.2. The number of carbonyl (C=O) groups excluding carboxylic acids is 3. The molecule has 0 bridgehead atoms. The lowest BCUT2D eigenvalue weighted by atomic mass is 9.86. The maximum absolute atomic E-state index is 17.8. The van der Waals surface area contributed by atoms with Gasteiger partial charge in [0.15, 0.2) is 0 Å². The number of amides is 3. The smallest absolute Gasteiger partial charge is 0.262 e. The number of rotatable bonds is 21. The van der Waals surface area contributed by atoms with Gasteiger partial charge in [0, 0.05) is 50.4 Å². The number of carbonyl (C=O) groups is 3. The molecule has 0 saturated heterocycles. The number of hydrogen-bond acceptors (Lipinski definition) is 6. The number of hydrogen-bond donors (Lipinski definition) is 0. The minimum atomic E-state index is -0.553. The third kappa shape index (κ3) is 19.6. The largest absolute Gasteiger partial charge is 0.275 e. The van der Waals surface area contributed by atoms with Crippen LogP contribution < -0.4 is 14.7 Å². The summed E-state index contributed by atoms with van der Waals surface area (Å²) in [6.45, 7) is 25.9. The summed E-state index contributed by atoms with van der Waals surface area (Å²) in [4.78, 5) is 74.3. The molecule has 0 saturated carbocycles. The van der Waals surface area contributed by atoms with Crippen molar-refractivity contribution in [2.24, 2.45) is 0 Å². The van der Waals surface area contributed by atoms with Gasteiger partial charge in [-0.25, -0.2) is 0 Å². The van der Waals surface area contributed by atoms with Crippen LogP contribution in [0, 0.1) is 20.8 Å². The second kappa shape index (κ2) is 38.4. The second-order valence-corrected chi connectivity index (χ2v) is 39.0. The predicted molar refractivity (Wildman–Crippen MR) is 573 cm³/mol. The Labute approximate surface area is 810 Å². The maximum atomic E-state index is 17.8. The fourth-order valence-corrected chi connectivity index (χ4v) is 18.5. The van der Waals surface area contributed by atoms with E-state index in [-0.39, 0.29) is 32.9 Å². The van der Waals surface area contributed by atoms with E-state index in [1.54, 1.807) is 51.5 Å². The van der Waals surface area contributed by atoms with Gasteiger partial charge in [-0.3, -0.25) is 44.0 Å². The molecule has 0 atom stereocenters. The summed E-state index contributed by atoms with van der Waals surface area (Å²) in [5.74, 6) is -1.66. The molecule has 9 nitrogen and oxygen atoms in total. The van der Waals surface area contributed by atoms with Gasteiger partial charge in [-0.15, -0.1) is 0 Å². The number of pyridine rings is 3. The lowest BCUT2D eigenvalue weighted by Gasteiger charge is -2.28. The highest BCUT2D eigenvalue weighted by Crippen LogP contribution is 2.45. The zero-order valence-corrected chi connectivity index (χ0v) is 80.0. The van der Waals surface area contributed by atoms with Crippen molar-refractivity contribution in [1.29, 1.82) is 0 Å². The average molecular weight is 1790 g/mol. The molecule has 0 unspecified atom stereocenters. The van der Waals surface area contributed by atoms with E-state index in [4.69, 9.17) is 15.0 Å². The van der Waals surface area contributed by atoms with Crippen LogP contribution in [0.1, 0.15) is 127 Å². The Morgan fingerprint density at radius 3 is 0.558 bits per heavy atom. The molecular weight excluding hydrogens is 1680 g/mol. The van der Waals surface area contributed by atoms with Crippen molar-refractivity contribution < 1.29 is 14.4 Å². The van der Waals surface area contributed by atoms with Gasteiger partial charge < -0.3 is 0 Å². The SMILES string of the molecule is Cc1cc(N(C(=O)c2cc(C(=O)N(c3cccc(-c4cc(-c5ccccc5)cc(-c5ccccc5)c4)c3)c3cnc(-c4ccc(C(C)(C)C)cc4)c(C)c3)cc(C(=O)N(c3cccc(-c4cc(-c5ccccc5)cc(-c5ccccc5)c4)c3)c3cnc(-c4ccc(C(C)(C)C)cc4)c(C)c3)c2)c2cccc(-c3cc(-c4ccccc4)cc(-c4ccccc4)c3)c2)cnc1-c1ccc(C(C)(C)C)cc1. The Morgan fingerprint density at radius 2 is 0.370 bits per heavy atom. The first-order valence-corrected chi connectivity index (χ1v) is 47.2. The van der Waals surface area contributed by atoms with Crippen LogP contribution >= 0.6 is 0 Å². The molecule has 3 amide bonds. The molecule has 0 aliphatic rings. The van der Waals surface area contributed by atoms with Crippen molar-refractivity contribution in [1.82, 2.24) is 15.0 Å². The Bertz CT molecular complexity index is 6820. The Hall–Kier alpha value is -16.6. The van der Waals surface area contributed by atoms with Crippen LogP contribution in [0.15, 0.2) is 437 Å². The number of nitrogens with zero attached hydrogens (tertiary/aromatic N) is 6. The topological polar surface area (TPSA) is 99.6 Å². The van der Waals surface area contributed by atoms with Crippen molar-refractivity contribution >= 4 is 51.8 Å². The van der Waals surface area contributed by atoms with E-state index in [0.717, 1.165) is 151 Å². The van der Waals surface area contributed by atoms with Gasteiger partial charge in [0.1, 0.15) is 0 Å². The first kappa shape index (κ1) is 90.5. The lowest BCUT2D eigenvalue weighted by molar-refractivity contribution is 0.0998. The molecule has 0 aliphatic heterocycles. The molecule has 3 heterocycles. The van der Waals surface area contributed by atoms with Crippen LogP contribution in [-0.4, -0.2) is 32.7 Å². The highest BCUT2D eigenvalue weighted by atomic mass is 16.2. The molecule has 138 heavy (non-hydrogen) atoms. The van der Waals surface area contributed by atoms with Gasteiger partial charge in [0.2, 0.25) is 0 Å². The van der Waals surface area contributed by atoms with Gasteiger partial charge >= 0.3 is 0 Å². The molecule has 0 spiro atoms. The minimum absolute atomic E-state index is 0.0259. The molecule has 0 N–H and O–H groups in total. The summed E-state index contributed by atoms with van der Waals surface area (Å²) >= 11 is 0. The quantitative estimate of drug-likeness (QED) is 0.0711. The summed E-state index contributed by atoms with van der Waals surface area (Å²) in [6.07, 6.45) is 5.27. The number of benzene rings is 16. The minimum Gasteiger partial charge on any atom is -0.275 e. The van der Waals surface area contributed by atoms with E-state index in [1.807, 2.05) is 130 Å². The second-order valence-electron chi connectivity index (χ2n) is 39.0. The van der Waals surface area contributed by atoms with E-state index in [9.17, 15) is 0 Å². The third-order valence-corrected chi connectivity index (χ3v) is 26.1. The van der Waals surface area contributed by atoms with Crippen molar-refractivity contribution in [3.63, 3.8) is 0 Å². The van der Waals surface area contributed by atoms with E-state index in [2.05, 4.69) is 353 Å². The molecule has 0 fully saturated rings. The van der Waals surface area contributed by atoms with E-state index < -0.39 is 17.7 Å². The molecule has 3 aromatic heterocycles. The zero-order chi connectivity index (χ0) is 95.5. The summed E-state index contributed by atoms with van der Waals surface area (Å²) in [5, 5.41) is 0. The number of aryl methyl sites for hydroxylation is 3. The van der Waals surface area contributed by atoms with E-state index >= 15 is 14.4 Å². The highest BCUT2D eigenvalue weighted by molar-refractivity contribution is 6.19. The molecule has 0 radical (unpaired) electrons. The van der Waals surface area contributed by atoms with Crippen molar-refractivity contribution in [3.05, 3.63) is 487 Å². The number of anilines is 6. The van der Waals surface area contributed by atoms with Crippen LogP contribution in [0.4, 0.5) is 34.1 Å².